The molecular formula is C12H20ClN5. The van der Waals surface area contributed by atoms with Gasteiger partial charge in [0.25, 0.3) is 0 Å². The predicted molar refractivity (Wildman–Crippen MR) is 73.8 cm³/mol. The van der Waals surface area contributed by atoms with E-state index < -0.39 is 0 Å². The fourth-order valence-electron chi connectivity index (χ4n) is 1.83. The summed E-state index contributed by atoms with van der Waals surface area (Å²) in [6.07, 6.45) is 0. The lowest BCUT2D eigenvalue weighted by Gasteiger charge is -2.32. The van der Waals surface area contributed by atoms with E-state index in [0.29, 0.717) is 5.15 Å². The van der Waals surface area contributed by atoms with E-state index in [-0.39, 0.29) is 5.92 Å². The third kappa shape index (κ3) is 3.54. The van der Waals surface area contributed by atoms with Gasteiger partial charge in [0, 0.05) is 38.2 Å². The monoisotopic (exact) mass is 269 g/mol. The van der Waals surface area contributed by atoms with Gasteiger partial charge in [0.2, 0.25) is 0 Å². The molecule has 0 atom stereocenters. The standard InChI is InChI=1S/C12H20ClN5/c1-9(2)12-14-10(13)8-11(15-12)16-18-6-4-17(3)5-7-18/h8-9H,4-7H2,1-3H3,(H,14,15,16). The molecule has 2 rings (SSSR count). The van der Waals surface area contributed by atoms with Crippen LogP contribution in [0.15, 0.2) is 6.07 Å². The van der Waals surface area contributed by atoms with Crippen molar-refractivity contribution in [3.05, 3.63) is 17.0 Å². The number of likely N-dealkylation sites (N-methyl/N-ethyl adjacent to an activating group) is 1. The van der Waals surface area contributed by atoms with Gasteiger partial charge in [0.05, 0.1) is 0 Å². The lowest BCUT2D eigenvalue weighted by molar-refractivity contribution is 0.178. The van der Waals surface area contributed by atoms with Gasteiger partial charge in [-0.25, -0.2) is 15.0 Å². The van der Waals surface area contributed by atoms with Crippen LogP contribution >= 0.6 is 11.6 Å². The zero-order valence-electron chi connectivity index (χ0n) is 11.1. The van der Waals surface area contributed by atoms with E-state index in [1.807, 2.05) is 0 Å². The number of rotatable bonds is 3. The topological polar surface area (TPSA) is 44.3 Å². The van der Waals surface area contributed by atoms with Crippen molar-refractivity contribution in [3.63, 3.8) is 0 Å². The third-order valence-corrected chi connectivity index (χ3v) is 3.20. The molecule has 1 saturated heterocycles. The summed E-state index contributed by atoms with van der Waals surface area (Å²) < 4.78 is 0. The second kappa shape index (κ2) is 5.82. The first-order valence-corrected chi connectivity index (χ1v) is 6.67. The molecule has 18 heavy (non-hydrogen) atoms. The van der Waals surface area contributed by atoms with Crippen LogP contribution in [0, 0.1) is 0 Å². The van der Waals surface area contributed by atoms with Gasteiger partial charge in [0.15, 0.2) is 0 Å². The summed E-state index contributed by atoms with van der Waals surface area (Å²) >= 11 is 6.02. The van der Waals surface area contributed by atoms with Crippen LogP contribution in [0.3, 0.4) is 0 Å². The van der Waals surface area contributed by atoms with Crippen LogP contribution in [0.5, 0.6) is 0 Å². The van der Waals surface area contributed by atoms with Crippen LogP contribution in [-0.4, -0.2) is 53.1 Å². The highest BCUT2D eigenvalue weighted by Gasteiger charge is 2.15. The number of hydrogen-bond donors (Lipinski definition) is 1. The Morgan fingerprint density at radius 3 is 2.50 bits per heavy atom. The van der Waals surface area contributed by atoms with E-state index in [1.54, 1.807) is 6.07 Å². The lowest BCUT2D eigenvalue weighted by Crippen LogP contribution is -2.47. The first kappa shape index (κ1) is 13.5. The molecular weight excluding hydrogens is 250 g/mol. The maximum absolute atomic E-state index is 6.02. The van der Waals surface area contributed by atoms with Crippen molar-refractivity contribution < 1.29 is 0 Å². The summed E-state index contributed by atoms with van der Waals surface area (Å²) in [4.78, 5) is 11.0. The largest absolute Gasteiger partial charge is 0.304 e. The van der Waals surface area contributed by atoms with E-state index in [2.05, 4.69) is 46.2 Å². The molecule has 0 aliphatic carbocycles. The number of halogens is 1. The van der Waals surface area contributed by atoms with Crippen LogP contribution in [-0.2, 0) is 0 Å². The zero-order chi connectivity index (χ0) is 13.1. The number of anilines is 1. The van der Waals surface area contributed by atoms with Gasteiger partial charge in [0.1, 0.15) is 16.8 Å². The Hall–Kier alpha value is -0.910. The minimum Gasteiger partial charge on any atom is -0.304 e. The fourth-order valence-corrected chi connectivity index (χ4v) is 2.02. The molecule has 6 heteroatoms. The molecule has 5 nitrogen and oxygen atoms in total. The highest BCUT2D eigenvalue weighted by Crippen LogP contribution is 2.17. The lowest BCUT2D eigenvalue weighted by atomic mass is 10.2. The second-order valence-corrected chi connectivity index (χ2v) is 5.38. The van der Waals surface area contributed by atoms with Crippen LogP contribution in [0.25, 0.3) is 0 Å². The van der Waals surface area contributed by atoms with Crippen LogP contribution < -0.4 is 5.43 Å². The molecule has 0 bridgehead atoms. The number of piperazine rings is 1. The quantitative estimate of drug-likeness (QED) is 0.848. The van der Waals surface area contributed by atoms with Crippen molar-refractivity contribution in [2.75, 3.05) is 38.7 Å². The van der Waals surface area contributed by atoms with Gasteiger partial charge in [-0.1, -0.05) is 25.4 Å². The van der Waals surface area contributed by atoms with Gasteiger partial charge in [-0.15, -0.1) is 0 Å². The van der Waals surface area contributed by atoms with Crippen LogP contribution in [0.1, 0.15) is 25.6 Å². The summed E-state index contributed by atoms with van der Waals surface area (Å²) in [7, 11) is 2.13. The summed E-state index contributed by atoms with van der Waals surface area (Å²) in [6, 6.07) is 1.77. The van der Waals surface area contributed by atoms with E-state index in [9.17, 15) is 0 Å². The van der Waals surface area contributed by atoms with Crippen molar-refractivity contribution in [2.24, 2.45) is 0 Å². The number of hydrogen-bond acceptors (Lipinski definition) is 5. The first-order chi connectivity index (χ1) is 8.54. The maximum Gasteiger partial charge on any atom is 0.145 e. The molecule has 0 aromatic carbocycles. The summed E-state index contributed by atoms with van der Waals surface area (Å²) in [5, 5.41) is 2.66. The van der Waals surface area contributed by atoms with Gasteiger partial charge in [-0.3, -0.25) is 0 Å². The maximum atomic E-state index is 6.02. The van der Waals surface area contributed by atoms with E-state index >= 15 is 0 Å². The Bertz CT molecular complexity index is 401. The molecule has 0 amide bonds. The number of nitrogens with one attached hydrogen (secondary N) is 1. The predicted octanol–water partition coefficient (Wildman–Crippen LogP) is 1.83. The number of hydrazine groups is 1. The SMILES string of the molecule is CC(C)c1nc(Cl)cc(NN2CCN(C)CC2)n1. The molecule has 2 heterocycles. The summed E-state index contributed by atoms with van der Waals surface area (Å²) in [5.74, 6) is 1.83. The van der Waals surface area contributed by atoms with E-state index in [4.69, 9.17) is 11.6 Å². The Balaban J connectivity index is 2.04. The highest BCUT2D eigenvalue weighted by molar-refractivity contribution is 6.29. The molecule has 1 N–H and O–H groups in total. The highest BCUT2D eigenvalue weighted by atomic mass is 35.5. The zero-order valence-corrected chi connectivity index (χ0v) is 11.9. The van der Waals surface area contributed by atoms with Crippen LogP contribution in [0.4, 0.5) is 5.82 Å². The minimum atomic E-state index is 0.275. The number of aromatic nitrogens is 2. The average Bonchev–Trinajstić information content (AvgIpc) is 2.31. The minimum absolute atomic E-state index is 0.275. The van der Waals surface area contributed by atoms with Crippen molar-refractivity contribution in [2.45, 2.75) is 19.8 Å². The molecule has 0 saturated carbocycles. The third-order valence-electron chi connectivity index (χ3n) is 3.00. The van der Waals surface area contributed by atoms with Crippen LogP contribution in [0.2, 0.25) is 5.15 Å². The molecule has 1 aliphatic rings. The van der Waals surface area contributed by atoms with Crippen molar-refractivity contribution >= 4 is 17.4 Å². The molecule has 1 aliphatic heterocycles. The molecule has 1 aromatic rings. The number of nitrogens with zero attached hydrogens (tertiary/aromatic N) is 4. The smallest absolute Gasteiger partial charge is 0.145 e. The molecule has 1 aromatic heterocycles. The molecule has 0 radical (unpaired) electrons. The Morgan fingerprint density at radius 1 is 1.22 bits per heavy atom. The first-order valence-electron chi connectivity index (χ1n) is 6.29. The normalized spacial score (nSPS) is 18.3. The summed E-state index contributed by atoms with van der Waals surface area (Å²) in [5.41, 5.74) is 3.31. The van der Waals surface area contributed by atoms with E-state index in [0.717, 1.165) is 37.8 Å². The molecule has 0 spiro atoms. The molecule has 100 valence electrons. The van der Waals surface area contributed by atoms with Crippen molar-refractivity contribution in [3.8, 4) is 0 Å². The van der Waals surface area contributed by atoms with Gasteiger partial charge >= 0.3 is 0 Å². The van der Waals surface area contributed by atoms with Gasteiger partial charge < -0.3 is 10.3 Å². The Kier molecular flexibility index (Phi) is 4.37. The average molecular weight is 270 g/mol. The van der Waals surface area contributed by atoms with Crippen molar-refractivity contribution in [1.29, 1.82) is 0 Å². The molecule has 1 fully saturated rings. The Morgan fingerprint density at radius 2 is 1.89 bits per heavy atom. The molecule has 0 unspecified atom stereocenters. The van der Waals surface area contributed by atoms with Gasteiger partial charge in [-0.05, 0) is 7.05 Å². The second-order valence-electron chi connectivity index (χ2n) is 4.99. The van der Waals surface area contributed by atoms with Crippen molar-refractivity contribution in [1.82, 2.24) is 19.9 Å². The Labute approximate surface area is 113 Å². The summed E-state index contributed by atoms with van der Waals surface area (Å²) in [6.45, 7) is 8.20. The fraction of sp³-hybridized carbons (Fsp3) is 0.667. The van der Waals surface area contributed by atoms with E-state index in [1.165, 1.54) is 0 Å². The van der Waals surface area contributed by atoms with Gasteiger partial charge in [-0.2, -0.15) is 0 Å².